The quantitative estimate of drug-likeness (QED) is 0.802. The Balaban J connectivity index is 2.12. The lowest BCUT2D eigenvalue weighted by Gasteiger charge is -2.06. The minimum atomic E-state index is -4.38. The minimum absolute atomic E-state index is 0.124. The second-order valence-electron chi connectivity index (χ2n) is 4.20. The molecule has 6 heteroatoms. The number of carbonyl (C=O) groups excluding carboxylic acids is 1. The second-order valence-corrected chi connectivity index (χ2v) is 4.20. The standard InChI is InChI=1S/C13H11F3N2O/c1-18-8-9(7-17-18)6-12(19)10-2-4-11(5-3-10)13(14,15)16/h2-5,7-8H,6H2,1H3. The molecule has 0 aliphatic heterocycles. The van der Waals surface area contributed by atoms with E-state index in [-0.39, 0.29) is 17.8 Å². The van der Waals surface area contributed by atoms with E-state index in [2.05, 4.69) is 5.10 Å². The zero-order valence-electron chi connectivity index (χ0n) is 10.1. The van der Waals surface area contributed by atoms with Crippen molar-refractivity contribution in [3.63, 3.8) is 0 Å². The summed E-state index contributed by atoms with van der Waals surface area (Å²) in [4.78, 5) is 11.9. The molecule has 0 radical (unpaired) electrons. The fourth-order valence-corrected chi connectivity index (χ4v) is 1.70. The first-order valence-corrected chi connectivity index (χ1v) is 5.54. The monoisotopic (exact) mass is 268 g/mol. The third-order valence-electron chi connectivity index (χ3n) is 2.66. The normalized spacial score (nSPS) is 11.6. The zero-order chi connectivity index (χ0) is 14.0. The highest BCUT2D eigenvalue weighted by Gasteiger charge is 2.30. The van der Waals surface area contributed by atoms with Crippen LogP contribution < -0.4 is 0 Å². The predicted octanol–water partition coefficient (Wildman–Crippen LogP) is 2.86. The summed E-state index contributed by atoms with van der Waals surface area (Å²) < 4.78 is 38.7. The maximum atomic E-state index is 12.4. The molecular formula is C13H11F3N2O. The van der Waals surface area contributed by atoms with Crippen LogP contribution >= 0.6 is 0 Å². The zero-order valence-corrected chi connectivity index (χ0v) is 10.1. The van der Waals surface area contributed by atoms with Crippen LogP contribution in [0.15, 0.2) is 36.7 Å². The van der Waals surface area contributed by atoms with Gasteiger partial charge in [-0.05, 0) is 17.7 Å². The molecule has 0 fully saturated rings. The van der Waals surface area contributed by atoms with Crippen LogP contribution in [-0.2, 0) is 19.6 Å². The number of hydrogen-bond donors (Lipinski definition) is 0. The van der Waals surface area contributed by atoms with Crippen molar-refractivity contribution in [2.75, 3.05) is 0 Å². The molecule has 0 bridgehead atoms. The smallest absolute Gasteiger partial charge is 0.294 e. The van der Waals surface area contributed by atoms with Crippen molar-refractivity contribution in [3.8, 4) is 0 Å². The summed E-state index contributed by atoms with van der Waals surface area (Å²) in [6.07, 6.45) is -1.01. The molecule has 1 aromatic carbocycles. The van der Waals surface area contributed by atoms with E-state index in [4.69, 9.17) is 0 Å². The van der Waals surface area contributed by atoms with E-state index in [0.29, 0.717) is 0 Å². The molecule has 0 spiro atoms. The van der Waals surface area contributed by atoms with Crippen LogP contribution in [-0.4, -0.2) is 15.6 Å². The highest BCUT2D eigenvalue weighted by Crippen LogP contribution is 2.29. The molecule has 0 amide bonds. The summed E-state index contributed by atoms with van der Waals surface area (Å²) >= 11 is 0. The molecule has 0 atom stereocenters. The number of halogens is 3. The van der Waals surface area contributed by atoms with Gasteiger partial charge in [0.2, 0.25) is 0 Å². The number of alkyl halides is 3. The lowest BCUT2D eigenvalue weighted by molar-refractivity contribution is -0.137. The van der Waals surface area contributed by atoms with Gasteiger partial charge in [-0.15, -0.1) is 0 Å². The van der Waals surface area contributed by atoms with Crippen molar-refractivity contribution in [2.24, 2.45) is 7.05 Å². The van der Waals surface area contributed by atoms with Gasteiger partial charge in [0.25, 0.3) is 0 Å². The van der Waals surface area contributed by atoms with Crippen LogP contribution in [0, 0.1) is 0 Å². The van der Waals surface area contributed by atoms with Crippen LogP contribution in [0.2, 0.25) is 0 Å². The molecule has 1 aromatic heterocycles. The molecule has 0 aliphatic rings. The van der Waals surface area contributed by atoms with E-state index in [9.17, 15) is 18.0 Å². The third-order valence-corrected chi connectivity index (χ3v) is 2.66. The Morgan fingerprint density at radius 2 is 1.89 bits per heavy atom. The number of aromatic nitrogens is 2. The highest BCUT2D eigenvalue weighted by molar-refractivity contribution is 5.97. The Hall–Kier alpha value is -2.11. The van der Waals surface area contributed by atoms with Crippen molar-refractivity contribution in [3.05, 3.63) is 53.3 Å². The van der Waals surface area contributed by atoms with E-state index in [1.54, 1.807) is 24.1 Å². The molecule has 2 rings (SSSR count). The molecule has 0 saturated carbocycles. The SMILES string of the molecule is Cn1cc(CC(=O)c2ccc(C(F)(F)F)cc2)cn1. The minimum Gasteiger partial charge on any atom is -0.294 e. The molecule has 0 unspecified atom stereocenters. The number of carbonyl (C=O) groups is 1. The van der Waals surface area contributed by atoms with Crippen LogP contribution in [0.1, 0.15) is 21.5 Å². The molecule has 19 heavy (non-hydrogen) atoms. The highest BCUT2D eigenvalue weighted by atomic mass is 19.4. The van der Waals surface area contributed by atoms with Gasteiger partial charge < -0.3 is 0 Å². The number of nitrogens with zero attached hydrogens (tertiary/aromatic N) is 2. The summed E-state index contributed by atoms with van der Waals surface area (Å²) in [5.41, 5.74) is 0.231. The van der Waals surface area contributed by atoms with Crippen molar-refractivity contribution < 1.29 is 18.0 Å². The van der Waals surface area contributed by atoms with Crippen molar-refractivity contribution in [1.29, 1.82) is 0 Å². The van der Waals surface area contributed by atoms with Gasteiger partial charge in [-0.3, -0.25) is 9.48 Å². The van der Waals surface area contributed by atoms with E-state index in [1.807, 2.05) is 0 Å². The first-order chi connectivity index (χ1) is 8.86. The van der Waals surface area contributed by atoms with E-state index < -0.39 is 11.7 Å². The fraction of sp³-hybridized carbons (Fsp3) is 0.231. The van der Waals surface area contributed by atoms with Gasteiger partial charge in [0.1, 0.15) is 0 Å². The maximum absolute atomic E-state index is 12.4. The van der Waals surface area contributed by atoms with Crippen LogP contribution in [0.5, 0.6) is 0 Å². The number of hydrogen-bond acceptors (Lipinski definition) is 2. The lowest BCUT2D eigenvalue weighted by atomic mass is 10.0. The number of rotatable bonds is 3. The molecule has 0 N–H and O–H groups in total. The molecule has 2 aromatic rings. The summed E-state index contributed by atoms with van der Waals surface area (Å²) in [5, 5.41) is 3.93. The summed E-state index contributed by atoms with van der Waals surface area (Å²) in [5.74, 6) is -0.235. The van der Waals surface area contributed by atoms with Crippen LogP contribution in [0.3, 0.4) is 0 Å². The van der Waals surface area contributed by atoms with Gasteiger partial charge in [0.15, 0.2) is 5.78 Å². The lowest BCUT2D eigenvalue weighted by Crippen LogP contribution is -2.07. The first-order valence-electron chi connectivity index (χ1n) is 5.54. The Morgan fingerprint density at radius 1 is 1.26 bits per heavy atom. The Bertz CT molecular complexity index is 585. The molecular weight excluding hydrogens is 257 g/mol. The maximum Gasteiger partial charge on any atom is 0.416 e. The van der Waals surface area contributed by atoms with Gasteiger partial charge in [-0.25, -0.2) is 0 Å². The topological polar surface area (TPSA) is 34.9 Å². The van der Waals surface area contributed by atoms with Gasteiger partial charge in [-0.1, -0.05) is 12.1 Å². The Kier molecular flexibility index (Phi) is 3.42. The van der Waals surface area contributed by atoms with E-state index >= 15 is 0 Å². The van der Waals surface area contributed by atoms with Crippen molar-refractivity contribution in [2.45, 2.75) is 12.6 Å². The largest absolute Gasteiger partial charge is 0.416 e. The first kappa shape index (κ1) is 13.3. The average molecular weight is 268 g/mol. The summed E-state index contributed by atoms with van der Waals surface area (Å²) in [6, 6.07) is 4.22. The molecule has 0 aliphatic carbocycles. The summed E-state index contributed by atoms with van der Waals surface area (Å²) in [6.45, 7) is 0. The van der Waals surface area contributed by atoms with Gasteiger partial charge in [-0.2, -0.15) is 18.3 Å². The molecule has 0 saturated heterocycles. The average Bonchev–Trinajstić information content (AvgIpc) is 2.74. The van der Waals surface area contributed by atoms with Gasteiger partial charge >= 0.3 is 6.18 Å². The van der Waals surface area contributed by atoms with Gasteiger partial charge in [0.05, 0.1) is 11.8 Å². The van der Waals surface area contributed by atoms with Crippen molar-refractivity contribution >= 4 is 5.78 Å². The van der Waals surface area contributed by atoms with Gasteiger partial charge in [0, 0.05) is 25.2 Å². The van der Waals surface area contributed by atoms with Crippen LogP contribution in [0.25, 0.3) is 0 Å². The Labute approximate surface area is 107 Å². The fourth-order valence-electron chi connectivity index (χ4n) is 1.70. The Morgan fingerprint density at radius 3 is 2.37 bits per heavy atom. The predicted molar refractivity (Wildman–Crippen MR) is 62.7 cm³/mol. The summed E-state index contributed by atoms with van der Waals surface area (Å²) in [7, 11) is 1.73. The molecule has 3 nitrogen and oxygen atoms in total. The van der Waals surface area contributed by atoms with E-state index in [0.717, 1.165) is 17.7 Å². The third kappa shape index (κ3) is 3.21. The van der Waals surface area contributed by atoms with Crippen LogP contribution in [0.4, 0.5) is 13.2 Å². The molecule has 100 valence electrons. The molecule has 1 heterocycles. The second kappa shape index (κ2) is 4.87. The number of ketones is 1. The van der Waals surface area contributed by atoms with Crippen molar-refractivity contribution in [1.82, 2.24) is 9.78 Å². The number of aryl methyl sites for hydroxylation is 1. The number of Topliss-reactive ketones (excluding diaryl/α,β-unsaturated/α-hetero) is 1. The number of benzene rings is 1. The van der Waals surface area contributed by atoms with E-state index in [1.165, 1.54) is 12.1 Å².